The molecule has 0 aromatic heterocycles. The summed E-state index contributed by atoms with van der Waals surface area (Å²) in [6, 6.07) is 6.63. The summed E-state index contributed by atoms with van der Waals surface area (Å²) in [4.78, 5) is 13.8. The first-order valence-electron chi connectivity index (χ1n) is 5.27. The maximum atomic E-state index is 12.0. The normalized spacial score (nSPS) is 12.8. The van der Waals surface area contributed by atoms with Crippen molar-refractivity contribution in [2.24, 2.45) is 0 Å². The van der Waals surface area contributed by atoms with Crippen LogP contribution >= 0.6 is 0 Å². The largest absolute Gasteiger partial charge is 0.399 e. The van der Waals surface area contributed by atoms with E-state index in [9.17, 15) is 4.79 Å². The molecule has 1 aromatic rings. The number of benzene rings is 1. The quantitative estimate of drug-likeness (QED) is 0.570. The molecule has 88 valence electrons. The van der Waals surface area contributed by atoms with Crippen LogP contribution in [-0.2, 0) is 0 Å². The van der Waals surface area contributed by atoms with E-state index in [4.69, 9.17) is 10.8 Å². The van der Waals surface area contributed by atoms with Crippen LogP contribution in [0.3, 0.4) is 0 Å². The predicted octanol–water partition coefficient (Wildman–Crippen LogP) is 0.764. The van der Waals surface area contributed by atoms with Crippen molar-refractivity contribution in [3.8, 4) is 0 Å². The summed E-state index contributed by atoms with van der Waals surface area (Å²) in [6.45, 7) is 2.37. The minimum absolute atomic E-state index is 0.0379. The average Bonchev–Trinajstić information content (AvgIpc) is 2.28. The van der Waals surface area contributed by atoms with Gasteiger partial charge in [0.15, 0.2) is 5.78 Å². The topological polar surface area (TPSA) is 66.6 Å². The summed E-state index contributed by atoms with van der Waals surface area (Å²) in [5.74, 6) is 0.0379. The Hall–Kier alpha value is -1.39. The standard InChI is InChI=1S/C12H18N2O2/c1-9(14(2)7-8-15)12(16)10-3-5-11(13)6-4-10/h3-6,9,15H,7-8,13H2,1-2H3. The zero-order valence-electron chi connectivity index (χ0n) is 9.68. The molecule has 1 unspecified atom stereocenters. The number of nitrogen functional groups attached to an aromatic ring is 1. The predicted molar refractivity (Wildman–Crippen MR) is 64.4 cm³/mol. The highest BCUT2D eigenvalue weighted by Crippen LogP contribution is 2.10. The van der Waals surface area contributed by atoms with Gasteiger partial charge in [-0.15, -0.1) is 0 Å². The van der Waals surface area contributed by atoms with Gasteiger partial charge in [-0.25, -0.2) is 0 Å². The zero-order valence-corrected chi connectivity index (χ0v) is 9.68. The number of anilines is 1. The van der Waals surface area contributed by atoms with Gasteiger partial charge in [0.2, 0.25) is 0 Å². The highest BCUT2D eigenvalue weighted by molar-refractivity contribution is 6.00. The van der Waals surface area contributed by atoms with Gasteiger partial charge < -0.3 is 10.8 Å². The van der Waals surface area contributed by atoms with Gasteiger partial charge in [-0.3, -0.25) is 9.69 Å². The maximum absolute atomic E-state index is 12.0. The van der Waals surface area contributed by atoms with Crippen LogP contribution in [-0.4, -0.2) is 42.0 Å². The fourth-order valence-electron chi connectivity index (χ4n) is 1.44. The highest BCUT2D eigenvalue weighted by atomic mass is 16.3. The number of carbonyl (C=O) groups excluding carboxylic acids is 1. The summed E-state index contributed by atoms with van der Waals surface area (Å²) in [6.07, 6.45) is 0. The third-order valence-electron chi connectivity index (χ3n) is 2.69. The first-order chi connectivity index (χ1) is 7.56. The van der Waals surface area contributed by atoms with E-state index in [1.54, 1.807) is 24.3 Å². The van der Waals surface area contributed by atoms with Crippen LogP contribution in [0.25, 0.3) is 0 Å². The van der Waals surface area contributed by atoms with Gasteiger partial charge in [-0.1, -0.05) is 0 Å². The smallest absolute Gasteiger partial charge is 0.179 e. The minimum Gasteiger partial charge on any atom is -0.399 e. The number of Topliss-reactive ketones (excluding diaryl/α,β-unsaturated/α-hetero) is 1. The Balaban J connectivity index is 2.73. The number of carbonyl (C=O) groups is 1. The van der Waals surface area contributed by atoms with E-state index in [1.807, 2.05) is 18.9 Å². The Labute approximate surface area is 95.7 Å². The van der Waals surface area contributed by atoms with Crippen LogP contribution in [0.15, 0.2) is 24.3 Å². The van der Waals surface area contributed by atoms with Crippen LogP contribution in [0.2, 0.25) is 0 Å². The number of rotatable bonds is 5. The molecule has 0 saturated heterocycles. The number of aliphatic hydroxyl groups excluding tert-OH is 1. The maximum Gasteiger partial charge on any atom is 0.179 e. The molecule has 0 amide bonds. The van der Waals surface area contributed by atoms with Gasteiger partial charge in [-0.05, 0) is 38.2 Å². The molecule has 4 heteroatoms. The Morgan fingerprint density at radius 3 is 2.50 bits per heavy atom. The molecule has 0 fully saturated rings. The second kappa shape index (κ2) is 5.63. The van der Waals surface area contributed by atoms with Crippen molar-refractivity contribution < 1.29 is 9.90 Å². The van der Waals surface area contributed by atoms with E-state index in [0.717, 1.165) is 0 Å². The van der Waals surface area contributed by atoms with Crippen molar-refractivity contribution in [3.05, 3.63) is 29.8 Å². The second-order valence-corrected chi connectivity index (χ2v) is 3.87. The SMILES string of the molecule is CC(C(=O)c1ccc(N)cc1)N(C)CCO. The number of aliphatic hydroxyl groups is 1. The molecule has 0 radical (unpaired) electrons. The molecule has 0 spiro atoms. The van der Waals surface area contributed by atoms with E-state index in [-0.39, 0.29) is 18.4 Å². The number of nitrogens with zero attached hydrogens (tertiary/aromatic N) is 1. The van der Waals surface area contributed by atoms with Crippen molar-refractivity contribution in [2.45, 2.75) is 13.0 Å². The third-order valence-corrected chi connectivity index (χ3v) is 2.69. The molecule has 3 N–H and O–H groups in total. The molecular formula is C12H18N2O2. The van der Waals surface area contributed by atoms with Gasteiger partial charge in [0, 0.05) is 17.8 Å². The van der Waals surface area contributed by atoms with Crippen LogP contribution in [0.5, 0.6) is 0 Å². The second-order valence-electron chi connectivity index (χ2n) is 3.87. The summed E-state index contributed by atoms with van der Waals surface area (Å²) in [5, 5.41) is 8.80. The van der Waals surface area contributed by atoms with E-state index < -0.39 is 0 Å². The minimum atomic E-state index is -0.240. The molecule has 0 saturated carbocycles. The van der Waals surface area contributed by atoms with Gasteiger partial charge in [-0.2, -0.15) is 0 Å². The first-order valence-corrected chi connectivity index (χ1v) is 5.27. The molecule has 1 rings (SSSR count). The van der Waals surface area contributed by atoms with E-state index in [1.165, 1.54) is 0 Å². The van der Waals surface area contributed by atoms with E-state index in [2.05, 4.69) is 0 Å². The monoisotopic (exact) mass is 222 g/mol. The van der Waals surface area contributed by atoms with Crippen LogP contribution in [0, 0.1) is 0 Å². The lowest BCUT2D eigenvalue weighted by Gasteiger charge is -2.22. The Bertz CT molecular complexity index is 349. The van der Waals surface area contributed by atoms with Crippen LogP contribution < -0.4 is 5.73 Å². The van der Waals surface area contributed by atoms with E-state index >= 15 is 0 Å². The van der Waals surface area contributed by atoms with Gasteiger partial charge in [0.25, 0.3) is 0 Å². The Morgan fingerprint density at radius 1 is 1.44 bits per heavy atom. The first kappa shape index (κ1) is 12.7. The summed E-state index contributed by atoms with van der Waals surface area (Å²) < 4.78 is 0. The van der Waals surface area contributed by atoms with Crippen molar-refractivity contribution in [1.29, 1.82) is 0 Å². The average molecular weight is 222 g/mol. The van der Waals surface area contributed by atoms with Crippen molar-refractivity contribution in [1.82, 2.24) is 4.90 Å². The molecule has 1 aromatic carbocycles. The van der Waals surface area contributed by atoms with Gasteiger partial charge in [0.05, 0.1) is 12.6 Å². The molecule has 0 aliphatic rings. The summed E-state index contributed by atoms with van der Waals surface area (Å²) >= 11 is 0. The molecule has 0 heterocycles. The molecule has 0 aliphatic carbocycles. The van der Waals surface area contributed by atoms with Crippen molar-refractivity contribution in [2.75, 3.05) is 25.9 Å². The number of nitrogens with two attached hydrogens (primary N) is 1. The van der Waals surface area contributed by atoms with Crippen molar-refractivity contribution in [3.63, 3.8) is 0 Å². The lowest BCUT2D eigenvalue weighted by molar-refractivity contribution is 0.0848. The highest BCUT2D eigenvalue weighted by Gasteiger charge is 2.18. The fourth-order valence-corrected chi connectivity index (χ4v) is 1.44. The fraction of sp³-hybridized carbons (Fsp3) is 0.417. The molecule has 0 bridgehead atoms. The number of likely N-dealkylation sites (N-methyl/N-ethyl adjacent to an activating group) is 1. The number of hydrogen-bond acceptors (Lipinski definition) is 4. The molecule has 0 aliphatic heterocycles. The van der Waals surface area contributed by atoms with Crippen LogP contribution in [0.1, 0.15) is 17.3 Å². The lowest BCUT2D eigenvalue weighted by atomic mass is 10.0. The van der Waals surface area contributed by atoms with Gasteiger partial charge >= 0.3 is 0 Å². The van der Waals surface area contributed by atoms with Gasteiger partial charge in [0.1, 0.15) is 0 Å². The Morgan fingerprint density at radius 2 is 2.00 bits per heavy atom. The molecule has 1 atom stereocenters. The zero-order chi connectivity index (χ0) is 12.1. The summed E-state index contributed by atoms with van der Waals surface area (Å²) in [7, 11) is 1.82. The number of ketones is 1. The number of hydrogen-bond donors (Lipinski definition) is 2. The lowest BCUT2D eigenvalue weighted by Crippen LogP contribution is -2.37. The summed E-state index contributed by atoms with van der Waals surface area (Å²) in [5.41, 5.74) is 6.85. The molecule has 16 heavy (non-hydrogen) atoms. The third kappa shape index (κ3) is 3.05. The van der Waals surface area contributed by atoms with E-state index in [0.29, 0.717) is 17.8 Å². The Kier molecular flexibility index (Phi) is 4.46. The molecular weight excluding hydrogens is 204 g/mol. The van der Waals surface area contributed by atoms with Crippen molar-refractivity contribution >= 4 is 11.5 Å². The van der Waals surface area contributed by atoms with Crippen LogP contribution in [0.4, 0.5) is 5.69 Å². The molecule has 4 nitrogen and oxygen atoms in total.